The van der Waals surface area contributed by atoms with Crippen LogP contribution in [0, 0.1) is 0 Å². The Bertz CT molecular complexity index is 837. The van der Waals surface area contributed by atoms with E-state index >= 15 is 0 Å². The van der Waals surface area contributed by atoms with Crippen molar-refractivity contribution in [2.45, 2.75) is 6.92 Å². The smallest absolute Gasteiger partial charge is 0.250 e. The van der Waals surface area contributed by atoms with Gasteiger partial charge in [0.05, 0.1) is 5.69 Å². The van der Waals surface area contributed by atoms with Crippen LogP contribution in [-0.2, 0) is 9.59 Å². The summed E-state index contributed by atoms with van der Waals surface area (Å²) in [7, 11) is 0. The Morgan fingerprint density at radius 1 is 1.08 bits per heavy atom. The van der Waals surface area contributed by atoms with E-state index in [2.05, 4.69) is 42.6 Å². The van der Waals surface area contributed by atoms with Crippen molar-refractivity contribution >= 4 is 72.8 Å². The number of nitrogens with one attached hydrogen (secondary N) is 2. The summed E-state index contributed by atoms with van der Waals surface area (Å²) in [5, 5.41) is 3.80. The van der Waals surface area contributed by atoms with Gasteiger partial charge in [-0.25, -0.2) is 5.01 Å². The van der Waals surface area contributed by atoms with Crippen molar-refractivity contribution < 1.29 is 9.59 Å². The van der Waals surface area contributed by atoms with Crippen LogP contribution >= 0.6 is 44.1 Å². The van der Waals surface area contributed by atoms with Crippen LogP contribution in [-0.4, -0.2) is 16.9 Å². The number of para-hydroxylation sites is 1. The Hall–Kier alpha value is -2.03. The van der Waals surface area contributed by atoms with E-state index in [4.69, 9.17) is 12.2 Å². The van der Waals surface area contributed by atoms with Gasteiger partial charge in [0.2, 0.25) is 11.8 Å². The number of benzene rings is 2. The standard InChI is InChI=1S/C18H15Br2N3O2S/c1-12(24)23(16-5-3-2-4-6-16)22-18(26)21-17(25)8-7-13-9-14(19)11-15(20)10-13/h2-11H,1H3,(H2,21,22,25,26). The minimum atomic E-state index is -0.407. The first-order valence-electron chi connectivity index (χ1n) is 7.46. The molecule has 0 aromatic heterocycles. The molecule has 2 aromatic rings. The van der Waals surface area contributed by atoms with Gasteiger partial charge in [0, 0.05) is 21.9 Å². The van der Waals surface area contributed by atoms with E-state index in [9.17, 15) is 9.59 Å². The van der Waals surface area contributed by atoms with Crippen molar-refractivity contribution in [3.63, 3.8) is 0 Å². The van der Waals surface area contributed by atoms with E-state index in [1.165, 1.54) is 18.0 Å². The van der Waals surface area contributed by atoms with E-state index in [0.717, 1.165) is 14.5 Å². The minimum Gasteiger partial charge on any atom is -0.298 e. The van der Waals surface area contributed by atoms with Crippen molar-refractivity contribution in [3.8, 4) is 0 Å². The van der Waals surface area contributed by atoms with Gasteiger partial charge >= 0.3 is 0 Å². The number of hydrogen-bond donors (Lipinski definition) is 2. The molecular weight excluding hydrogens is 482 g/mol. The molecule has 8 heteroatoms. The van der Waals surface area contributed by atoms with Crippen LogP contribution in [0.2, 0.25) is 0 Å². The van der Waals surface area contributed by atoms with Crippen molar-refractivity contribution in [1.29, 1.82) is 0 Å². The number of anilines is 1. The number of amides is 2. The lowest BCUT2D eigenvalue weighted by Crippen LogP contribution is -2.50. The van der Waals surface area contributed by atoms with Crippen LogP contribution in [0.3, 0.4) is 0 Å². The second-order valence-corrected chi connectivity index (χ2v) is 7.40. The monoisotopic (exact) mass is 495 g/mol. The maximum absolute atomic E-state index is 12.0. The molecule has 0 aliphatic carbocycles. The Balaban J connectivity index is 1.98. The summed E-state index contributed by atoms with van der Waals surface area (Å²) in [6, 6.07) is 14.6. The lowest BCUT2D eigenvalue weighted by atomic mass is 10.2. The third kappa shape index (κ3) is 6.36. The molecule has 134 valence electrons. The number of nitrogens with zero attached hydrogens (tertiary/aromatic N) is 1. The number of rotatable bonds is 3. The zero-order valence-corrected chi connectivity index (χ0v) is 17.7. The molecule has 0 aliphatic heterocycles. The van der Waals surface area contributed by atoms with E-state index in [1.807, 2.05) is 24.3 Å². The highest BCUT2D eigenvalue weighted by Gasteiger charge is 2.13. The van der Waals surface area contributed by atoms with Crippen LogP contribution in [0.5, 0.6) is 0 Å². The van der Waals surface area contributed by atoms with E-state index in [0.29, 0.717) is 5.69 Å². The maximum Gasteiger partial charge on any atom is 0.250 e. The average molecular weight is 497 g/mol. The molecule has 0 spiro atoms. The second kappa shape index (κ2) is 9.61. The fourth-order valence-electron chi connectivity index (χ4n) is 2.03. The van der Waals surface area contributed by atoms with Gasteiger partial charge in [0.15, 0.2) is 5.11 Å². The van der Waals surface area contributed by atoms with E-state index in [-0.39, 0.29) is 11.0 Å². The summed E-state index contributed by atoms with van der Waals surface area (Å²) < 4.78 is 1.79. The highest BCUT2D eigenvalue weighted by Crippen LogP contribution is 2.20. The molecule has 2 N–H and O–H groups in total. The molecule has 2 rings (SSSR count). The molecule has 26 heavy (non-hydrogen) atoms. The van der Waals surface area contributed by atoms with Crippen molar-refractivity contribution in [1.82, 2.24) is 10.7 Å². The van der Waals surface area contributed by atoms with Gasteiger partial charge < -0.3 is 0 Å². The number of hydrogen-bond acceptors (Lipinski definition) is 3. The molecule has 2 aromatic carbocycles. The van der Waals surface area contributed by atoms with Gasteiger partial charge in [-0.2, -0.15) is 0 Å². The summed E-state index contributed by atoms with van der Waals surface area (Å²) in [4.78, 5) is 23.8. The molecule has 0 atom stereocenters. The highest BCUT2D eigenvalue weighted by molar-refractivity contribution is 9.11. The van der Waals surface area contributed by atoms with Gasteiger partial charge in [-0.05, 0) is 54.2 Å². The Labute approximate surface area is 173 Å². The third-order valence-electron chi connectivity index (χ3n) is 3.09. The third-order valence-corrected chi connectivity index (χ3v) is 4.20. The van der Waals surface area contributed by atoms with Crippen molar-refractivity contribution in [3.05, 3.63) is 69.1 Å². The Morgan fingerprint density at radius 2 is 1.69 bits per heavy atom. The van der Waals surface area contributed by atoms with E-state index < -0.39 is 5.91 Å². The summed E-state index contributed by atoms with van der Waals surface area (Å²) in [5.74, 6) is -0.669. The molecule has 0 radical (unpaired) electrons. The van der Waals surface area contributed by atoms with Crippen molar-refractivity contribution in [2.24, 2.45) is 0 Å². The summed E-state index contributed by atoms with van der Waals surface area (Å²) in [6.45, 7) is 1.40. The SMILES string of the molecule is CC(=O)N(NC(=S)NC(=O)C=Cc1cc(Br)cc(Br)c1)c1ccccc1. The molecule has 2 amide bonds. The van der Waals surface area contributed by atoms with Gasteiger partial charge in [-0.15, -0.1) is 0 Å². The molecule has 0 aliphatic rings. The molecule has 0 bridgehead atoms. The summed E-state index contributed by atoms with van der Waals surface area (Å²) in [5.41, 5.74) is 4.17. The lowest BCUT2D eigenvalue weighted by molar-refractivity contribution is -0.117. The topological polar surface area (TPSA) is 61.4 Å². The molecule has 5 nitrogen and oxygen atoms in total. The van der Waals surface area contributed by atoms with Crippen LogP contribution in [0.25, 0.3) is 6.08 Å². The quantitative estimate of drug-likeness (QED) is 0.380. The zero-order valence-electron chi connectivity index (χ0n) is 13.7. The van der Waals surface area contributed by atoms with Crippen LogP contribution in [0.15, 0.2) is 63.6 Å². The molecular formula is C18H15Br2N3O2S. The Morgan fingerprint density at radius 3 is 2.27 bits per heavy atom. The Kier molecular flexibility index (Phi) is 7.50. The first-order valence-corrected chi connectivity index (χ1v) is 9.46. The lowest BCUT2D eigenvalue weighted by Gasteiger charge is -2.23. The first-order chi connectivity index (χ1) is 12.3. The van der Waals surface area contributed by atoms with Crippen LogP contribution in [0.4, 0.5) is 5.69 Å². The zero-order chi connectivity index (χ0) is 19.1. The molecule has 0 saturated heterocycles. The van der Waals surface area contributed by atoms with Gasteiger partial charge in [0.1, 0.15) is 0 Å². The fourth-order valence-corrected chi connectivity index (χ4v) is 3.55. The van der Waals surface area contributed by atoms with Crippen LogP contribution in [0.1, 0.15) is 12.5 Å². The van der Waals surface area contributed by atoms with Crippen molar-refractivity contribution in [2.75, 3.05) is 5.01 Å². The number of carbonyl (C=O) groups is 2. The number of hydrazine groups is 1. The molecule has 0 unspecified atom stereocenters. The molecule has 0 heterocycles. The van der Waals surface area contributed by atoms with Gasteiger partial charge in [-0.1, -0.05) is 50.1 Å². The first kappa shape index (κ1) is 20.3. The predicted octanol–water partition coefficient (Wildman–Crippen LogP) is 4.18. The van der Waals surface area contributed by atoms with E-state index in [1.54, 1.807) is 30.3 Å². The normalized spacial score (nSPS) is 10.4. The van der Waals surface area contributed by atoms with Gasteiger partial charge in [-0.3, -0.25) is 20.3 Å². The van der Waals surface area contributed by atoms with Gasteiger partial charge in [0.25, 0.3) is 0 Å². The minimum absolute atomic E-state index is 0.0223. The average Bonchev–Trinajstić information content (AvgIpc) is 2.57. The van der Waals surface area contributed by atoms with Crippen LogP contribution < -0.4 is 15.8 Å². The maximum atomic E-state index is 12.0. The summed E-state index contributed by atoms with van der Waals surface area (Å²) >= 11 is 11.9. The fraction of sp³-hybridized carbons (Fsp3) is 0.0556. The highest BCUT2D eigenvalue weighted by atomic mass is 79.9. The number of halogens is 2. The number of carbonyl (C=O) groups excluding carboxylic acids is 2. The largest absolute Gasteiger partial charge is 0.298 e. The molecule has 0 fully saturated rings. The summed E-state index contributed by atoms with van der Waals surface area (Å²) in [6.07, 6.45) is 3.02. The molecule has 0 saturated carbocycles. The number of thiocarbonyl (C=S) groups is 1. The second-order valence-electron chi connectivity index (χ2n) is 5.16. The predicted molar refractivity (Wildman–Crippen MR) is 114 cm³/mol.